The number of benzene rings is 3. The van der Waals surface area contributed by atoms with Crippen molar-refractivity contribution in [3.05, 3.63) is 101 Å². The number of rotatable bonds is 3. The van der Waals surface area contributed by atoms with Crippen molar-refractivity contribution < 1.29 is 19.4 Å². The van der Waals surface area contributed by atoms with Gasteiger partial charge in [-0.1, -0.05) is 54.6 Å². The number of fused-ring (bicyclic) bond motifs is 6. The molecule has 6 bridgehead atoms. The first-order valence-electron chi connectivity index (χ1n) is 14.1. The van der Waals surface area contributed by atoms with E-state index in [1.165, 1.54) is 17.7 Å². The SMILES string of the molecule is Cc1cccc(C)c1-c1cc2nc(n1)NS(=O)(=O)c1cccc(c1)C(=O)N1CCCN(Cc3ccccc3)CC(C1)O2.[HH]. The maximum absolute atomic E-state index is 13.7. The zero-order chi connectivity index (χ0) is 29.3. The van der Waals surface area contributed by atoms with Crippen LogP contribution in [0.4, 0.5) is 5.95 Å². The third-order valence-electron chi connectivity index (χ3n) is 7.67. The molecule has 1 amide bonds. The molecule has 1 aromatic heterocycles. The first kappa shape index (κ1) is 27.9. The Bertz CT molecular complexity index is 1710. The second-order valence-corrected chi connectivity index (χ2v) is 12.6. The molecular formula is C32H35N5O4S. The highest BCUT2D eigenvalue weighted by molar-refractivity contribution is 7.92. The van der Waals surface area contributed by atoms with Crippen molar-refractivity contribution >= 4 is 21.9 Å². The molecule has 0 saturated carbocycles. The maximum Gasteiger partial charge on any atom is 0.264 e. The van der Waals surface area contributed by atoms with Crippen LogP contribution in [0.5, 0.6) is 5.88 Å². The standard InChI is InChI=1S/C32H33N5O4S.H2/c1-22-9-6-10-23(2)30(22)28-18-29-34-32(33-28)35-42(39,40)27-14-7-13-25(17-27)31(38)37-16-8-15-36(20-26(21-37)41-29)19-24-11-4-3-5-12-24;/h3-7,9-14,17-18,26H,8,15-16,19-21H2,1-2H3,(H,33,34,35);1H. The van der Waals surface area contributed by atoms with Gasteiger partial charge in [-0.15, -0.1) is 0 Å². The quantitative estimate of drug-likeness (QED) is 0.364. The van der Waals surface area contributed by atoms with Gasteiger partial charge in [0.15, 0.2) is 0 Å². The first-order chi connectivity index (χ1) is 20.2. The molecule has 1 saturated heterocycles. The first-order valence-corrected chi connectivity index (χ1v) is 15.5. The molecule has 0 spiro atoms. The van der Waals surface area contributed by atoms with Crippen molar-refractivity contribution in [1.82, 2.24) is 19.8 Å². The number of carbonyl (C=O) groups excluding carboxylic acids is 1. The molecule has 3 aromatic carbocycles. The summed E-state index contributed by atoms with van der Waals surface area (Å²) in [7, 11) is -4.09. The van der Waals surface area contributed by atoms with E-state index in [-0.39, 0.29) is 24.1 Å². The molecule has 10 heteroatoms. The largest absolute Gasteiger partial charge is 0.471 e. The molecule has 0 aliphatic carbocycles. The van der Waals surface area contributed by atoms with Crippen LogP contribution in [0.25, 0.3) is 11.3 Å². The molecule has 42 heavy (non-hydrogen) atoms. The molecule has 3 heterocycles. The van der Waals surface area contributed by atoms with Crippen LogP contribution in [0.15, 0.2) is 83.8 Å². The smallest absolute Gasteiger partial charge is 0.264 e. The highest BCUT2D eigenvalue weighted by Crippen LogP contribution is 2.30. The third kappa shape index (κ3) is 6.00. The number of nitrogens with zero attached hydrogens (tertiary/aromatic N) is 4. The monoisotopic (exact) mass is 585 g/mol. The summed E-state index contributed by atoms with van der Waals surface area (Å²) >= 11 is 0. The van der Waals surface area contributed by atoms with Gasteiger partial charge in [0.2, 0.25) is 11.8 Å². The second kappa shape index (κ2) is 11.5. The summed E-state index contributed by atoms with van der Waals surface area (Å²) in [4.78, 5) is 26.9. The Morgan fingerprint density at radius 1 is 0.929 bits per heavy atom. The fourth-order valence-electron chi connectivity index (χ4n) is 5.71. The van der Waals surface area contributed by atoms with Crippen molar-refractivity contribution in [2.24, 2.45) is 0 Å². The van der Waals surface area contributed by atoms with Gasteiger partial charge >= 0.3 is 0 Å². The van der Waals surface area contributed by atoms with E-state index in [4.69, 9.17) is 4.74 Å². The summed E-state index contributed by atoms with van der Waals surface area (Å²) in [6.07, 6.45) is 0.353. The Balaban J connectivity index is 0.00000368. The van der Waals surface area contributed by atoms with E-state index in [9.17, 15) is 13.2 Å². The lowest BCUT2D eigenvalue weighted by Gasteiger charge is -2.35. The zero-order valence-corrected chi connectivity index (χ0v) is 24.5. The van der Waals surface area contributed by atoms with Gasteiger partial charge in [-0.3, -0.25) is 9.69 Å². The minimum atomic E-state index is -4.09. The van der Waals surface area contributed by atoms with Crippen molar-refractivity contribution in [3.8, 4) is 17.1 Å². The van der Waals surface area contributed by atoms with Crippen molar-refractivity contribution in [2.75, 3.05) is 30.9 Å². The van der Waals surface area contributed by atoms with E-state index >= 15 is 0 Å². The zero-order valence-electron chi connectivity index (χ0n) is 23.7. The molecule has 0 radical (unpaired) electrons. The summed E-state index contributed by atoms with van der Waals surface area (Å²) in [6, 6.07) is 24.1. The molecule has 2 aliphatic rings. The predicted molar refractivity (Wildman–Crippen MR) is 163 cm³/mol. The van der Waals surface area contributed by atoms with Gasteiger partial charge in [-0.2, -0.15) is 4.98 Å². The van der Waals surface area contributed by atoms with Crippen LogP contribution in [0, 0.1) is 13.8 Å². The van der Waals surface area contributed by atoms with Crippen LogP contribution >= 0.6 is 0 Å². The van der Waals surface area contributed by atoms with Gasteiger partial charge < -0.3 is 9.64 Å². The number of aryl methyl sites for hydroxylation is 2. The van der Waals surface area contributed by atoms with Crippen molar-refractivity contribution in [1.29, 1.82) is 0 Å². The minimum Gasteiger partial charge on any atom is -0.471 e. The highest BCUT2D eigenvalue weighted by atomic mass is 32.2. The average molecular weight is 586 g/mol. The second-order valence-electron chi connectivity index (χ2n) is 10.9. The van der Waals surface area contributed by atoms with Crippen LogP contribution in [0.1, 0.15) is 34.9 Å². The number of anilines is 1. The van der Waals surface area contributed by atoms with Crippen molar-refractivity contribution in [3.63, 3.8) is 0 Å². The number of amides is 1. The maximum atomic E-state index is 13.7. The molecule has 6 rings (SSSR count). The number of sulfonamides is 1. The normalized spacial score (nSPS) is 18.8. The van der Waals surface area contributed by atoms with Crippen LogP contribution in [0.3, 0.4) is 0 Å². The Labute approximate surface area is 247 Å². The molecular weight excluding hydrogens is 550 g/mol. The van der Waals surface area contributed by atoms with E-state index in [0.717, 1.165) is 36.2 Å². The number of carbonyl (C=O) groups is 1. The van der Waals surface area contributed by atoms with E-state index in [0.29, 0.717) is 30.9 Å². The number of nitrogens with one attached hydrogen (secondary N) is 1. The highest BCUT2D eigenvalue weighted by Gasteiger charge is 2.29. The predicted octanol–water partition coefficient (Wildman–Crippen LogP) is 4.92. The Hall–Kier alpha value is -4.28. The van der Waals surface area contributed by atoms with E-state index in [1.54, 1.807) is 23.1 Å². The molecule has 1 atom stereocenters. The summed E-state index contributed by atoms with van der Waals surface area (Å²) in [5, 5.41) is 0. The number of aromatic nitrogens is 2. The van der Waals surface area contributed by atoms with Crippen LogP contribution in [-0.4, -0.2) is 66.4 Å². The van der Waals surface area contributed by atoms with Gasteiger partial charge in [0.1, 0.15) is 6.10 Å². The molecule has 218 valence electrons. The molecule has 1 fully saturated rings. The van der Waals surface area contributed by atoms with Crippen molar-refractivity contribution in [2.45, 2.75) is 37.8 Å². The van der Waals surface area contributed by atoms with Crippen LogP contribution < -0.4 is 9.46 Å². The Morgan fingerprint density at radius 3 is 2.48 bits per heavy atom. The Kier molecular flexibility index (Phi) is 7.66. The van der Waals surface area contributed by atoms with Gasteiger partial charge in [-0.05, 0) is 55.2 Å². The minimum absolute atomic E-state index is 0. The third-order valence-corrected chi connectivity index (χ3v) is 8.99. The van der Waals surface area contributed by atoms with Crippen LogP contribution in [-0.2, 0) is 16.6 Å². The summed E-state index contributed by atoms with van der Waals surface area (Å²) in [6.45, 7) is 6.90. The fourth-order valence-corrected chi connectivity index (χ4v) is 6.70. The van der Waals surface area contributed by atoms with Gasteiger partial charge in [0, 0.05) is 44.8 Å². The van der Waals surface area contributed by atoms with Gasteiger partial charge in [0.25, 0.3) is 15.9 Å². The summed E-state index contributed by atoms with van der Waals surface area (Å²) < 4.78 is 36.0. The van der Waals surface area contributed by atoms with Gasteiger partial charge in [0.05, 0.1) is 17.1 Å². The van der Waals surface area contributed by atoms with Crippen LogP contribution in [0.2, 0.25) is 0 Å². The van der Waals surface area contributed by atoms with E-state index in [2.05, 4.69) is 31.7 Å². The van der Waals surface area contributed by atoms with Gasteiger partial charge in [-0.25, -0.2) is 18.1 Å². The number of hydrogen-bond donors (Lipinski definition) is 1. The summed E-state index contributed by atoms with van der Waals surface area (Å²) in [5.74, 6) is -0.0839. The lowest BCUT2D eigenvalue weighted by atomic mass is 10.00. The fraction of sp³-hybridized carbons (Fsp3) is 0.281. The topological polar surface area (TPSA) is 105 Å². The number of ether oxygens (including phenoxy) is 1. The lowest BCUT2D eigenvalue weighted by Crippen LogP contribution is -2.48. The molecule has 1 unspecified atom stereocenters. The lowest BCUT2D eigenvalue weighted by molar-refractivity contribution is 0.0472. The molecule has 4 aromatic rings. The number of hydrogen-bond acceptors (Lipinski definition) is 7. The molecule has 1 N–H and O–H groups in total. The molecule has 9 nitrogen and oxygen atoms in total. The molecule has 2 aliphatic heterocycles. The van der Waals surface area contributed by atoms with E-state index < -0.39 is 16.1 Å². The van der Waals surface area contributed by atoms with E-state index in [1.807, 2.05) is 50.2 Å². The Morgan fingerprint density at radius 2 is 1.69 bits per heavy atom. The summed E-state index contributed by atoms with van der Waals surface area (Å²) in [5.41, 5.74) is 4.94. The average Bonchev–Trinajstić information content (AvgIpc) is 2.95.